The van der Waals surface area contributed by atoms with Gasteiger partial charge in [-0.1, -0.05) is 13.0 Å². The summed E-state index contributed by atoms with van der Waals surface area (Å²) in [6.07, 6.45) is -1.23. The number of hydrogen-bond donors (Lipinski definition) is 1. The minimum atomic E-state index is -3.01. The molecule has 9 heavy (non-hydrogen) atoms. The Hall–Kier alpha value is -0.440. The second-order valence-electron chi connectivity index (χ2n) is 1.80. The maximum Gasteiger partial charge on any atom is 0.276 e. The molecule has 1 atom stereocenters. The summed E-state index contributed by atoms with van der Waals surface area (Å²) in [5.74, 6) is -3.01. The fraction of sp³-hybridized carbons (Fsp3) is 0.667. The summed E-state index contributed by atoms with van der Waals surface area (Å²) in [6.45, 7) is 4.36. The van der Waals surface area contributed by atoms with E-state index in [2.05, 4.69) is 6.58 Å². The van der Waals surface area contributed by atoms with Crippen molar-refractivity contribution in [2.45, 2.75) is 25.4 Å². The average Bonchev–Trinajstić information content (AvgIpc) is 1.86. The van der Waals surface area contributed by atoms with Crippen LogP contribution in [0.3, 0.4) is 0 Å². The van der Waals surface area contributed by atoms with E-state index >= 15 is 0 Å². The molecule has 0 radical (unpaired) electrons. The summed E-state index contributed by atoms with van der Waals surface area (Å²) < 4.78 is 24.5. The maximum atomic E-state index is 12.2. The molecule has 0 saturated carbocycles. The van der Waals surface area contributed by atoms with Crippen LogP contribution in [0.15, 0.2) is 12.7 Å². The van der Waals surface area contributed by atoms with Gasteiger partial charge in [-0.15, -0.1) is 6.58 Å². The number of alkyl halides is 2. The largest absolute Gasteiger partial charge is 0.383 e. The Morgan fingerprint density at radius 2 is 2.22 bits per heavy atom. The van der Waals surface area contributed by atoms with Gasteiger partial charge in [0.2, 0.25) is 0 Å². The second-order valence-corrected chi connectivity index (χ2v) is 1.80. The maximum absolute atomic E-state index is 12.2. The van der Waals surface area contributed by atoms with E-state index in [1.54, 1.807) is 0 Å². The Bertz CT molecular complexity index is 101. The average molecular weight is 136 g/mol. The monoisotopic (exact) mass is 136 g/mol. The van der Waals surface area contributed by atoms with Crippen molar-refractivity contribution >= 4 is 0 Å². The Morgan fingerprint density at radius 1 is 1.78 bits per heavy atom. The van der Waals surface area contributed by atoms with Crippen molar-refractivity contribution in [2.24, 2.45) is 0 Å². The molecule has 0 spiro atoms. The van der Waals surface area contributed by atoms with Crippen molar-refractivity contribution in [3.05, 3.63) is 12.7 Å². The lowest BCUT2D eigenvalue weighted by Gasteiger charge is -2.16. The number of aliphatic hydroxyl groups excluding tert-OH is 1. The topological polar surface area (TPSA) is 20.2 Å². The second kappa shape index (κ2) is 2.92. The summed E-state index contributed by atoms with van der Waals surface area (Å²) in [4.78, 5) is 0. The molecule has 3 heteroatoms. The first-order valence-electron chi connectivity index (χ1n) is 2.73. The SMILES string of the molecule is C=CC(O)C(F)(F)CC. The van der Waals surface area contributed by atoms with Gasteiger partial charge in [0.25, 0.3) is 5.92 Å². The van der Waals surface area contributed by atoms with E-state index in [4.69, 9.17) is 5.11 Å². The van der Waals surface area contributed by atoms with Gasteiger partial charge in [-0.05, 0) is 0 Å². The molecule has 1 N–H and O–H groups in total. The van der Waals surface area contributed by atoms with E-state index in [0.29, 0.717) is 0 Å². The van der Waals surface area contributed by atoms with Gasteiger partial charge < -0.3 is 5.11 Å². The molecule has 0 rings (SSSR count). The molecule has 1 nitrogen and oxygen atoms in total. The van der Waals surface area contributed by atoms with Gasteiger partial charge in [0, 0.05) is 6.42 Å². The highest BCUT2D eigenvalue weighted by molar-refractivity contribution is 4.88. The Morgan fingerprint density at radius 3 is 2.33 bits per heavy atom. The van der Waals surface area contributed by atoms with Crippen molar-refractivity contribution in [2.75, 3.05) is 0 Å². The summed E-state index contributed by atoms with van der Waals surface area (Å²) in [6, 6.07) is 0. The lowest BCUT2D eigenvalue weighted by atomic mass is 10.1. The zero-order valence-electron chi connectivity index (χ0n) is 5.27. The van der Waals surface area contributed by atoms with Crippen LogP contribution in [-0.2, 0) is 0 Å². The summed E-state index contributed by atoms with van der Waals surface area (Å²) in [5, 5.41) is 8.52. The lowest BCUT2D eigenvalue weighted by Crippen LogP contribution is -2.30. The smallest absolute Gasteiger partial charge is 0.276 e. The minimum Gasteiger partial charge on any atom is -0.383 e. The van der Waals surface area contributed by atoms with E-state index in [9.17, 15) is 8.78 Å². The first kappa shape index (κ1) is 8.56. The molecule has 0 amide bonds. The summed E-state index contributed by atoms with van der Waals surface area (Å²) in [7, 11) is 0. The standard InChI is InChI=1S/C6H10F2O/c1-3-5(9)6(7,8)4-2/h3,5,9H,1,4H2,2H3. The highest BCUT2D eigenvalue weighted by Gasteiger charge is 2.33. The Kier molecular flexibility index (Phi) is 2.77. The molecule has 0 aliphatic rings. The van der Waals surface area contributed by atoms with E-state index in [1.165, 1.54) is 6.92 Å². The van der Waals surface area contributed by atoms with Crippen molar-refractivity contribution in [3.8, 4) is 0 Å². The van der Waals surface area contributed by atoms with Gasteiger partial charge in [0.15, 0.2) is 0 Å². The van der Waals surface area contributed by atoms with E-state index in [1.807, 2.05) is 0 Å². The molecule has 0 aliphatic carbocycles. The van der Waals surface area contributed by atoms with E-state index in [0.717, 1.165) is 6.08 Å². The van der Waals surface area contributed by atoms with Crippen molar-refractivity contribution in [1.29, 1.82) is 0 Å². The molecule has 1 unspecified atom stereocenters. The molecule has 0 aromatic carbocycles. The summed E-state index contributed by atoms with van der Waals surface area (Å²) in [5.41, 5.74) is 0. The van der Waals surface area contributed by atoms with Gasteiger partial charge in [0.05, 0.1) is 0 Å². The molecular weight excluding hydrogens is 126 g/mol. The Balaban J connectivity index is 3.95. The van der Waals surface area contributed by atoms with Crippen LogP contribution >= 0.6 is 0 Å². The number of rotatable bonds is 3. The third-order valence-corrected chi connectivity index (χ3v) is 1.13. The molecule has 0 bridgehead atoms. The zero-order valence-corrected chi connectivity index (χ0v) is 5.27. The van der Waals surface area contributed by atoms with Crippen LogP contribution in [0.25, 0.3) is 0 Å². The first-order valence-corrected chi connectivity index (χ1v) is 2.73. The molecule has 0 saturated heterocycles. The zero-order chi connectivity index (χ0) is 7.49. The van der Waals surface area contributed by atoms with Crippen LogP contribution in [0.4, 0.5) is 8.78 Å². The number of halogens is 2. The van der Waals surface area contributed by atoms with Gasteiger partial charge in [-0.25, -0.2) is 8.78 Å². The lowest BCUT2D eigenvalue weighted by molar-refractivity contribution is -0.0881. The Labute approximate surface area is 53.0 Å². The molecule has 0 heterocycles. The van der Waals surface area contributed by atoms with Crippen molar-refractivity contribution in [1.82, 2.24) is 0 Å². The molecular formula is C6H10F2O. The highest BCUT2D eigenvalue weighted by atomic mass is 19.3. The molecule has 0 aliphatic heterocycles. The van der Waals surface area contributed by atoms with Crippen LogP contribution in [0.2, 0.25) is 0 Å². The number of hydrogen-bond acceptors (Lipinski definition) is 1. The normalized spacial score (nSPS) is 15.1. The van der Waals surface area contributed by atoms with E-state index in [-0.39, 0.29) is 6.42 Å². The third-order valence-electron chi connectivity index (χ3n) is 1.13. The van der Waals surface area contributed by atoms with Crippen molar-refractivity contribution in [3.63, 3.8) is 0 Å². The van der Waals surface area contributed by atoms with Gasteiger partial charge >= 0.3 is 0 Å². The third kappa shape index (κ3) is 2.10. The van der Waals surface area contributed by atoms with E-state index < -0.39 is 12.0 Å². The predicted molar refractivity (Wildman–Crippen MR) is 31.4 cm³/mol. The molecule has 0 aromatic rings. The first-order chi connectivity index (χ1) is 4.04. The van der Waals surface area contributed by atoms with Crippen molar-refractivity contribution < 1.29 is 13.9 Å². The molecule has 0 fully saturated rings. The highest BCUT2D eigenvalue weighted by Crippen LogP contribution is 2.22. The predicted octanol–water partition coefficient (Wildman–Crippen LogP) is 1.58. The molecule has 0 aromatic heterocycles. The summed E-state index contributed by atoms with van der Waals surface area (Å²) >= 11 is 0. The quantitative estimate of drug-likeness (QED) is 0.584. The van der Waals surface area contributed by atoms with Gasteiger partial charge in [-0.2, -0.15) is 0 Å². The van der Waals surface area contributed by atoms with Crippen LogP contribution in [-0.4, -0.2) is 17.1 Å². The fourth-order valence-corrected chi connectivity index (χ4v) is 0.382. The number of aliphatic hydroxyl groups is 1. The van der Waals surface area contributed by atoms with Crippen LogP contribution in [0.1, 0.15) is 13.3 Å². The molecule has 54 valence electrons. The van der Waals surface area contributed by atoms with Gasteiger partial charge in [0.1, 0.15) is 6.10 Å². The van der Waals surface area contributed by atoms with Crippen LogP contribution in [0, 0.1) is 0 Å². The minimum absolute atomic E-state index is 0.361. The van der Waals surface area contributed by atoms with Gasteiger partial charge in [-0.3, -0.25) is 0 Å². The van der Waals surface area contributed by atoms with Crippen LogP contribution < -0.4 is 0 Å². The fourth-order valence-electron chi connectivity index (χ4n) is 0.382. The van der Waals surface area contributed by atoms with Crippen LogP contribution in [0.5, 0.6) is 0 Å².